The Morgan fingerprint density at radius 2 is 1.88 bits per heavy atom. The second-order valence-electron chi connectivity index (χ2n) is 5.23. The van der Waals surface area contributed by atoms with Crippen molar-refractivity contribution in [2.75, 3.05) is 11.1 Å². The van der Waals surface area contributed by atoms with E-state index >= 15 is 0 Å². The lowest BCUT2D eigenvalue weighted by Crippen LogP contribution is -2.14. The number of thioether (sulfide) groups is 1. The topological polar surface area (TPSA) is 83.6 Å². The molecule has 0 bridgehead atoms. The van der Waals surface area contributed by atoms with Crippen LogP contribution in [0.2, 0.25) is 0 Å². The van der Waals surface area contributed by atoms with Crippen LogP contribution < -0.4 is 5.32 Å². The van der Waals surface area contributed by atoms with Crippen LogP contribution in [0.4, 0.5) is 5.69 Å². The second-order valence-corrected chi connectivity index (χ2v) is 6.17. The summed E-state index contributed by atoms with van der Waals surface area (Å²) in [5.74, 6) is 0.835. The van der Waals surface area contributed by atoms with Gasteiger partial charge in [-0.25, -0.2) is 0 Å². The molecule has 1 amide bonds. The second kappa shape index (κ2) is 7.64. The van der Waals surface area contributed by atoms with Crippen molar-refractivity contribution in [3.05, 3.63) is 66.0 Å². The van der Waals surface area contributed by atoms with Gasteiger partial charge in [-0.2, -0.15) is 5.26 Å². The molecule has 124 valence electrons. The van der Waals surface area contributed by atoms with Gasteiger partial charge >= 0.3 is 0 Å². The maximum Gasteiger partial charge on any atom is 0.234 e. The van der Waals surface area contributed by atoms with Gasteiger partial charge in [0.25, 0.3) is 0 Å². The number of anilines is 1. The first kappa shape index (κ1) is 16.7. The van der Waals surface area contributed by atoms with Gasteiger partial charge in [-0.1, -0.05) is 30.0 Å². The maximum atomic E-state index is 12.1. The molecule has 0 unspecified atom stereocenters. The molecule has 6 nitrogen and oxygen atoms in total. The molecule has 3 rings (SSSR count). The van der Waals surface area contributed by atoms with Crippen LogP contribution in [0.15, 0.2) is 59.8 Å². The van der Waals surface area contributed by atoms with Crippen molar-refractivity contribution >= 4 is 23.4 Å². The van der Waals surface area contributed by atoms with Gasteiger partial charge in [-0.3, -0.25) is 9.36 Å². The molecule has 2 aromatic carbocycles. The third-order valence-corrected chi connectivity index (χ3v) is 4.37. The molecule has 0 saturated heterocycles. The number of carbonyl (C=O) groups is 1. The molecule has 0 aliphatic rings. The van der Waals surface area contributed by atoms with E-state index in [1.807, 2.05) is 47.9 Å². The molecule has 7 heteroatoms. The zero-order valence-electron chi connectivity index (χ0n) is 13.5. The van der Waals surface area contributed by atoms with E-state index in [-0.39, 0.29) is 11.7 Å². The minimum Gasteiger partial charge on any atom is -0.325 e. The molecule has 3 aromatic rings. The number of hydrogen-bond acceptors (Lipinski definition) is 5. The Balaban J connectivity index is 1.66. The van der Waals surface area contributed by atoms with Crippen LogP contribution in [-0.4, -0.2) is 26.4 Å². The Bertz CT molecular complexity index is 913. The number of para-hydroxylation sites is 1. The number of hydrogen-bond donors (Lipinski definition) is 1. The Hall–Kier alpha value is -3.11. The van der Waals surface area contributed by atoms with E-state index in [4.69, 9.17) is 5.26 Å². The number of benzene rings is 2. The normalized spacial score (nSPS) is 10.2. The van der Waals surface area contributed by atoms with Crippen molar-refractivity contribution in [3.8, 4) is 11.8 Å². The molecule has 0 fully saturated rings. The highest BCUT2D eigenvalue weighted by atomic mass is 32.2. The van der Waals surface area contributed by atoms with Crippen LogP contribution in [0.25, 0.3) is 5.69 Å². The summed E-state index contributed by atoms with van der Waals surface area (Å²) in [5.41, 5.74) is 2.17. The van der Waals surface area contributed by atoms with Crippen LogP contribution in [0.5, 0.6) is 0 Å². The molecule has 1 N–H and O–H groups in total. The van der Waals surface area contributed by atoms with Gasteiger partial charge in [-0.15, -0.1) is 10.2 Å². The SMILES string of the molecule is Cc1nnc(SCC(=O)Nc2ccc(C#N)cc2)n1-c1ccccc1. The number of nitrogens with one attached hydrogen (secondary N) is 1. The Kier molecular flexibility index (Phi) is 5.11. The summed E-state index contributed by atoms with van der Waals surface area (Å²) in [6, 6.07) is 18.6. The summed E-state index contributed by atoms with van der Waals surface area (Å²) in [7, 11) is 0. The molecule has 0 saturated carbocycles. The number of amides is 1. The van der Waals surface area contributed by atoms with Gasteiger partial charge in [0, 0.05) is 11.4 Å². The molecule has 1 heterocycles. The molecule has 0 aliphatic carbocycles. The van der Waals surface area contributed by atoms with Crippen molar-refractivity contribution in [2.45, 2.75) is 12.1 Å². The van der Waals surface area contributed by atoms with E-state index in [9.17, 15) is 4.79 Å². The summed E-state index contributed by atoms with van der Waals surface area (Å²) < 4.78 is 1.92. The smallest absolute Gasteiger partial charge is 0.234 e. The summed E-state index contributed by atoms with van der Waals surface area (Å²) in [6.45, 7) is 1.88. The number of rotatable bonds is 5. The van der Waals surface area contributed by atoms with Crippen molar-refractivity contribution in [1.82, 2.24) is 14.8 Å². The van der Waals surface area contributed by atoms with Gasteiger partial charge in [-0.05, 0) is 43.3 Å². The van der Waals surface area contributed by atoms with Gasteiger partial charge in [0.15, 0.2) is 5.16 Å². The molecule has 1 aromatic heterocycles. The quantitative estimate of drug-likeness (QED) is 0.715. The number of carbonyl (C=O) groups excluding carboxylic acids is 1. The van der Waals surface area contributed by atoms with Crippen LogP contribution in [0.3, 0.4) is 0 Å². The van der Waals surface area contributed by atoms with E-state index in [1.165, 1.54) is 11.8 Å². The molecule has 0 aliphatic heterocycles. The molecule has 0 radical (unpaired) electrons. The van der Waals surface area contributed by atoms with E-state index in [1.54, 1.807) is 24.3 Å². The number of nitriles is 1. The lowest BCUT2D eigenvalue weighted by molar-refractivity contribution is -0.113. The monoisotopic (exact) mass is 349 g/mol. The fourth-order valence-electron chi connectivity index (χ4n) is 2.27. The molecule has 0 spiro atoms. The zero-order valence-corrected chi connectivity index (χ0v) is 14.3. The molecule has 25 heavy (non-hydrogen) atoms. The summed E-state index contributed by atoms with van der Waals surface area (Å²) in [5, 5.41) is 20.5. The first-order valence-corrected chi connectivity index (χ1v) is 8.56. The van der Waals surface area contributed by atoms with Crippen LogP contribution >= 0.6 is 11.8 Å². The Morgan fingerprint density at radius 3 is 2.56 bits per heavy atom. The number of aryl methyl sites for hydroxylation is 1. The average molecular weight is 349 g/mol. The van der Waals surface area contributed by atoms with Crippen molar-refractivity contribution < 1.29 is 4.79 Å². The van der Waals surface area contributed by atoms with Crippen LogP contribution in [-0.2, 0) is 4.79 Å². The number of aromatic nitrogens is 3. The highest BCUT2D eigenvalue weighted by molar-refractivity contribution is 7.99. The molecular formula is C18H15N5OS. The van der Waals surface area contributed by atoms with Gasteiger partial charge in [0.1, 0.15) is 5.82 Å². The highest BCUT2D eigenvalue weighted by Gasteiger charge is 2.13. The Labute approximate surface area is 149 Å². The fourth-order valence-corrected chi connectivity index (χ4v) is 3.06. The van der Waals surface area contributed by atoms with E-state index in [0.29, 0.717) is 16.4 Å². The van der Waals surface area contributed by atoms with Crippen molar-refractivity contribution in [3.63, 3.8) is 0 Å². The van der Waals surface area contributed by atoms with E-state index < -0.39 is 0 Å². The van der Waals surface area contributed by atoms with Crippen LogP contribution in [0.1, 0.15) is 11.4 Å². The van der Waals surface area contributed by atoms with Gasteiger partial charge < -0.3 is 5.32 Å². The van der Waals surface area contributed by atoms with Gasteiger partial charge in [0.2, 0.25) is 5.91 Å². The summed E-state index contributed by atoms with van der Waals surface area (Å²) in [6.07, 6.45) is 0. The maximum absolute atomic E-state index is 12.1. The van der Waals surface area contributed by atoms with Crippen molar-refractivity contribution in [1.29, 1.82) is 5.26 Å². The lowest BCUT2D eigenvalue weighted by atomic mass is 10.2. The third-order valence-electron chi connectivity index (χ3n) is 3.44. The minimum atomic E-state index is -0.144. The predicted octanol–water partition coefficient (Wildman–Crippen LogP) is 3.18. The standard InChI is InChI=1S/C18H15N5OS/c1-13-21-22-18(23(13)16-5-3-2-4-6-16)25-12-17(24)20-15-9-7-14(11-19)8-10-15/h2-10H,12H2,1H3,(H,20,24). The summed E-state index contributed by atoms with van der Waals surface area (Å²) in [4.78, 5) is 12.1. The largest absolute Gasteiger partial charge is 0.325 e. The zero-order chi connectivity index (χ0) is 17.6. The Morgan fingerprint density at radius 1 is 1.16 bits per heavy atom. The van der Waals surface area contributed by atoms with Crippen LogP contribution in [0, 0.1) is 18.3 Å². The van der Waals surface area contributed by atoms with Gasteiger partial charge in [0.05, 0.1) is 17.4 Å². The summed E-state index contributed by atoms with van der Waals surface area (Å²) >= 11 is 1.32. The average Bonchev–Trinajstić information content (AvgIpc) is 3.02. The predicted molar refractivity (Wildman–Crippen MR) is 96.6 cm³/mol. The highest BCUT2D eigenvalue weighted by Crippen LogP contribution is 2.22. The van der Waals surface area contributed by atoms with E-state index in [2.05, 4.69) is 15.5 Å². The lowest BCUT2D eigenvalue weighted by Gasteiger charge is -2.08. The number of nitrogens with zero attached hydrogens (tertiary/aromatic N) is 4. The first-order valence-electron chi connectivity index (χ1n) is 7.57. The third kappa shape index (κ3) is 4.05. The van der Waals surface area contributed by atoms with E-state index in [0.717, 1.165) is 11.5 Å². The molecule has 0 atom stereocenters. The molecular weight excluding hydrogens is 334 g/mol. The van der Waals surface area contributed by atoms with Crippen molar-refractivity contribution in [2.24, 2.45) is 0 Å². The minimum absolute atomic E-state index is 0.144. The first-order chi connectivity index (χ1) is 12.2. The fraction of sp³-hybridized carbons (Fsp3) is 0.111.